The highest BCUT2D eigenvalue weighted by molar-refractivity contribution is 5.90. The molecule has 26 heavy (non-hydrogen) atoms. The fourth-order valence-corrected chi connectivity index (χ4v) is 2.99. The van der Waals surface area contributed by atoms with Crippen LogP contribution in [-0.4, -0.2) is 46.9 Å². The number of hydrogen-bond donors (Lipinski definition) is 1. The maximum absolute atomic E-state index is 12.6. The van der Waals surface area contributed by atoms with Gasteiger partial charge in [-0.1, -0.05) is 25.1 Å². The second kappa shape index (κ2) is 8.80. The van der Waals surface area contributed by atoms with Gasteiger partial charge in [-0.2, -0.15) is 4.98 Å². The summed E-state index contributed by atoms with van der Waals surface area (Å²) in [5.41, 5.74) is 1.50. The molecule has 140 valence electrons. The molecule has 0 unspecified atom stereocenters. The lowest BCUT2D eigenvalue weighted by molar-refractivity contribution is 0.0115. The molecule has 0 aliphatic carbocycles. The lowest BCUT2D eigenvalue weighted by Crippen LogP contribution is -2.45. The molecule has 1 aromatic carbocycles. The van der Waals surface area contributed by atoms with Crippen molar-refractivity contribution in [2.45, 2.75) is 45.6 Å². The second-order valence-corrected chi connectivity index (χ2v) is 6.46. The number of carbonyl (C=O) groups excluding carboxylic acids is 1. The van der Waals surface area contributed by atoms with Crippen LogP contribution in [0, 0.1) is 0 Å². The summed E-state index contributed by atoms with van der Waals surface area (Å²) in [5.74, 6) is 1.13. The lowest BCUT2D eigenvalue weighted by Gasteiger charge is -2.32. The van der Waals surface area contributed by atoms with Crippen molar-refractivity contribution in [2.24, 2.45) is 0 Å². The molecule has 3 rings (SSSR count). The molecule has 7 heteroatoms. The highest BCUT2D eigenvalue weighted by atomic mass is 16.5. The molecular formula is C19H26N4O3. The van der Waals surface area contributed by atoms with Crippen molar-refractivity contribution < 1.29 is 14.1 Å². The number of nitrogens with zero attached hydrogens (tertiary/aromatic N) is 3. The number of likely N-dealkylation sites (tertiary alicyclic amines) is 1. The Bertz CT molecular complexity index is 731. The number of benzene rings is 1. The molecule has 1 N–H and O–H groups in total. The average molecular weight is 358 g/mol. The number of aryl methyl sites for hydroxylation is 1. The van der Waals surface area contributed by atoms with Gasteiger partial charge in [-0.25, -0.2) is 4.79 Å². The van der Waals surface area contributed by atoms with Gasteiger partial charge in [0.1, 0.15) is 0 Å². The quantitative estimate of drug-likeness (QED) is 0.851. The SMILES string of the molecule is CCCO[C@@H]1CCCN(C(=O)Nc2cccc(-c3nc(CC)no3)c2)C1. The largest absolute Gasteiger partial charge is 0.376 e. The van der Waals surface area contributed by atoms with Gasteiger partial charge in [-0.15, -0.1) is 0 Å². The average Bonchev–Trinajstić information content (AvgIpc) is 3.16. The number of ether oxygens (including phenoxy) is 1. The Kier molecular flexibility index (Phi) is 6.22. The molecule has 0 saturated carbocycles. The normalized spacial score (nSPS) is 17.3. The molecule has 2 aromatic rings. The van der Waals surface area contributed by atoms with Crippen LogP contribution in [0.4, 0.5) is 10.5 Å². The van der Waals surface area contributed by atoms with E-state index in [0.29, 0.717) is 23.9 Å². The van der Waals surface area contributed by atoms with Gasteiger partial charge < -0.3 is 19.5 Å². The minimum atomic E-state index is -0.105. The van der Waals surface area contributed by atoms with Crippen LogP contribution in [0.1, 0.15) is 38.9 Å². The van der Waals surface area contributed by atoms with Crippen LogP contribution in [0.2, 0.25) is 0 Å². The van der Waals surface area contributed by atoms with E-state index >= 15 is 0 Å². The van der Waals surface area contributed by atoms with Gasteiger partial charge in [0, 0.05) is 37.4 Å². The van der Waals surface area contributed by atoms with Crippen molar-refractivity contribution in [2.75, 3.05) is 25.0 Å². The Morgan fingerprint density at radius 1 is 1.42 bits per heavy atom. The van der Waals surface area contributed by atoms with Crippen molar-refractivity contribution in [3.8, 4) is 11.5 Å². The molecule has 1 aliphatic rings. The highest BCUT2D eigenvalue weighted by Crippen LogP contribution is 2.22. The van der Waals surface area contributed by atoms with Crippen LogP contribution >= 0.6 is 0 Å². The highest BCUT2D eigenvalue weighted by Gasteiger charge is 2.24. The standard InChI is InChI=1S/C19H26N4O3/c1-3-11-25-16-9-6-10-23(13-16)19(24)20-15-8-5-7-14(12-15)18-21-17(4-2)22-26-18/h5,7-8,12,16H,3-4,6,9-11,13H2,1-2H3,(H,20,24)/t16-/m1/s1. The molecule has 2 amide bonds. The van der Waals surface area contributed by atoms with Crippen molar-refractivity contribution >= 4 is 11.7 Å². The van der Waals surface area contributed by atoms with E-state index in [1.54, 1.807) is 0 Å². The minimum Gasteiger partial charge on any atom is -0.376 e. The van der Waals surface area contributed by atoms with Crippen molar-refractivity contribution in [3.63, 3.8) is 0 Å². The van der Waals surface area contributed by atoms with E-state index in [0.717, 1.165) is 44.4 Å². The summed E-state index contributed by atoms with van der Waals surface area (Å²) in [5, 5.41) is 6.87. The van der Waals surface area contributed by atoms with Crippen molar-refractivity contribution in [3.05, 3.63) is 30.1 Å². The number of amides is 2. The topological polar surface area (TPSA) is 80.5 Å². The van der Waals surface area contributed by atoms with Crippen LogP contribution in [0.5, 0.6) is 0 Å². The van der Waals surface area contributed by atoms with Gasteiger partial charge in [0.25, 0.3) is 5.89 Å². The van der Waals surface area contributed by atoms with Gasteiger partial charge in [0.2, 0.25) is 0 Å². The van der Waals surface area contributed by atoms with E-state index < -0.39 is 0 Å². The van der Waals surface area contributed by atoms with Crippen LogP contribution in [-0.2, 0) is 11.2 Å². The number of anilines is 1. The number of carbonyl (C=O) groups is 1. The van der Waals surface area contributed by atoms with Gasteiger partial charge in [0.15, 0.2) is 5.82 Å². The van der Waals surface area contributed by atoms with Crippen LogP contribution in [0.15, 0.2) is 28.8 Å². The molecule has 2 heterocycles. The summed E-state index contributed by atoms with van der Waals surface area (Å²) in [7, 11) is 0. The molecule has 1 aromatic heterocycles. The molecule has 1 atom stereocenters. The third-order valence-corrected chi connectivity index (χ3v) is 4.37. The van der Waals surface area contributed by atoms with Gasteiger partial charge in [0.05, 0.1) is 6.10 Å². The van der Waals surface area contributed by atoms with Crippen molar-refractivity contribution in [1.82, 2.24) is 15.0 Å². The smallest absolute Gasteiger partial charge is 0.321 e. The van der Waals surface area contributed by atoms with Crippen molar-refractivity contribution in [1.29, 1.82) is 0 Å². The molecule has 1 aliphatic heterocycles. The summed E-state index contributed by atoms with van der Waals surface area (Å²) >= 11 is 0. The minimum absolute atomic E-state index is 0.105. The predicted molar refractivity (Wildman–Crippen MR) is 99.0 cm³/mol. The van der Waals surface area contributed by atoms with E-state index in [4.69, 9.17) is 9.26 Å². The maximum atomic E-state index is 12.6. The number of urea groups is 1. The Morgan fingerprint density at radius 2 is 2.31 bits per heavy atom. The fourth-order valence-electron chi connectivity index (χ4n) is 2.99. The Balaban J connectivity index is 1.63. The zero-order valence-electron chi connectivity index (χ0n) is 15.4. The first kappa shape index (κ1) is 18.4. The van der Waals surface area contributed by atoms with E-state index in [9.17, 15) is 4.79 Å². The van der Waals surface area contributed by atoms with Gasteiger partial charge in [-0.05, 0) is 37.5 Å². The van der Waals surface area contributed by atoms with Gasteiger partial charge in [-0.3, -0.25) is 0 Å². The number of nitrogens with one attached hydrogen (secondary N) is 1. The number of rotatable bonds is 6. The fraction of sp³-hybridized carbons (Fsp3) is 0.526. The van der Waals surface area contributed by atoms with Crippen LogP contribution < -0.4 is 5.32 Å². The first-order valence-electron chi connectivity index (χ1n) is 9.30. The summed E-state index contributed by atoms with van der Waals surface area (Å²) in [6.45, 7) is 6.19. The summed E-state index contributed by atoms with van der Waals surface area (Å²) in [6, 6.07) is 7.35. The first-order valence-corrected chi connectivity index (χ1v) is 9.30. The molecule has 0 radical (unpaired) electrons. The van der Waals surface area contributed by atoms with E-state index in [-0.39, 0.29) is 12.1 Å². The van der Waals surface area contributed by atoms with Gasteiger partial charge >= 0.3 is 6.03 Å². The first-order chi connectivity index (χ1) is 12.7. The number of hydrogen-bond acceptors (Lipinski definition) is 5. The molecule has 1 fully saturated rings. The Hall–Kier alpha value is -2.41. The summed E-state index contributed by atoms with van der Waals surface area (Å²) in [6.07, 6.45) is 3.81. The zero-order valence-corrected chi connectivity index (χ0v) is 15.4. The third kappa shape index (κ3) is 4.60. The number of aromatic nitrogens is 2. The van der Waals surface area contributed by atoms with E-state index in [2.05, 4.69) is 22.4 Å². The van der Waals surface area contributed by atoms with Crippen LogP contribution in [0.3, 0.4) is 0 Å². The maximum Gasteiger partial charge on any atom is 0.321 e. The monoisotopic (exact) mass is 358 g/mol. The number of piperidine rings is 1. The Labute approximate surface area is 153 Å². The predicted octanol–water partition coefficient (Wildman–Crippen LogP) is 3.72. The summed E-state index contributed by atoms with van der Waals surface area (Å²) < 4.78 is 11.1. The molecule has 7 nitrogen and oxygen atoms in total. The molecular weight excluding hydrogens is 332 g/mol. The third-order valence-electron chi connectivity index (χ3n) is 4.37. The Morgan fingerprint density at radius 3 is 3.08 bits per heavy atom. The molecule has 1 saturated heterocycles. The molecule has 0 spiro atoms. The second-order valence-electron chi connectivity index (χ2n) is 6.46. The van der Waals surface area contributed by atoms with Crippen LogP contribution in [0.25, 0.3) is 11.5 Å². The molecule has 0 bridgehead atoms. The van der Waals surface area contributed by atoms with E-state index in [1.165, 1.54) is 0 Å². The lowest BCUT2D eigenvalue weighted by atomic mass is 10.1. The zero-order chi connectivity index (χ0) is 18.4. The summed E-state index contributed by atoms with van der Waals surface area (Å²) in [4.78, 5) is 18.7. The van der Waals surface area contributed by atoms with E-state index in [1.807, 2.05) is 36.1 Å².